The molecule has 9 heteroatoms. The number of primary amides is 1. The van der Waals surface area contributed by atoms with Crippen molar-refractivity contribution in [2.24, 2.45) is 5.73 Å². The molecule has 0 aliphatic carbocycles. The Morgan fingerprint density at radius 2 is 1.89 bits per heavy atom. The van der Waals surface area contributed by atoms with Gasteiger partial charge in [0.05, 0.1) is 18.5 Å². The summed E-state index contributed by atoms with van der Waals surface area (Å²) >= 11 is 1.71. The molecule has 0 saturated heterocycles. The van der Waals surface area contributed by atoms with Crippen molar-refractivity contribution in [3.05, 3.63) is 66.2 Å². The third kappa shape index (κ3) is 6.05. The van der Waals surface area contributed by atoms with E-state index in [0.717, 1.165) is 35.1 Å². The molecular formula is C29H38N4O3SSi. The lowest BCUT2D eigenvalue weighted by Crippen LogP contribution is -2.45. The zero-order chi connectivity index (χ0) is 27.7. The van der Waals surface area contributed by atoms with Crippen molar-refractivity contribution in [1.29, 1.82) is 0 Å². The second-order valence-electron chi connectivity index (χ2n) is 11.3. The molecule has 38 heavy (non-hydrogen) atoms. The maximum absolute atomic E-state index is 11.7. The molecule has 4 aromatic rings. The largest absolute Gasteiger partial charge is 0.436 e. The Morgan fingerprint density at radius 3 is 2.50 bits per heavy atom. The normalized spacial score (nSPS) is 14.1. The quantitative estimate of drug-likeness (QED) is 0.167. The molecule has 2 heterocycles. The number of oxazole rings is 1. The monoisotopic (exact) mass is 550 g/mol. The van der Waals surface area contributed by atoms with E-state index in [1.54, 1.807) is 24.3 Å². The summed E-state index contributed by atoms with van der Waals surface area (Å²) in [6.45, 7) is 13.3. The molecule has 0 unspecified atom stereocenters. The molecule has 0 radical (unpaired) electrons. The lowest BCUT2D eigenvalue weighted by molar-refractivity contribution is 0.0995. The molecule has 2 aromatic heterocycles. The molecule has 4 rings (SSSR count). The van der Waals surface area contributed by atoms with Crippen LogP contribution in [0.15, 0.2) is 64.3 Å². The van der Waals surface area contributed by atoms with Crippen molar-refractivity contribution in [2.45, 2.75) is 75.7 Å². The fraction of sp³-hybridized carbons (Fsp3) is 0.414. The van der Waals surface area contributed by atoms with E-state index in [2.05, 4.69) is 70.2 Å². The third-order valence-corrected chi connectivity index (χ3v) is 12.9. The molecule has 0 spiro atoms. The molecule has 0 bridgehead atoms. The average molecular weight is 551 g/mol. The lowest BCUT2D eigenvalue weighted by atomic mass is 10.0. The van der Waals surface area contributed by atoms with Crippen LogP contribution >= 0.6 is 11.8 Å². The minimum Gasteiger partial charge on any atom is -0.436 e. The van der Waals surface area contributed by atoms with E-state index < -0.39 is 14.2 Å². The number of benzene rings is 2. The molecule has 7 nitrogen and oxygen atoms in total. The van der Waals surface area contributed by atoms with Crippen LogP contribution in [0, 0.1) is 0 Å². The Bertz CT molecular complexity index is 1410. The van der Waals surface area contributed by atoms with Gasteiger partial charge in [0, 0.05) is 16.7 Å². The highest BCUT2D eigenvalue weighted by atomic mass is 32.2. The van der Waals surface area contributed by atoms with Crippen LogP contribution in [-0.2, 0) is 10.8 Å². The molecular weight excluding hydrogens is 512 g/mol. The summed E-state index contributed by atoms with van der Waals surface area (Å²) in [5.74, 6) is 0.0805. The smallest absolute Gasteiger partial charge is 0.268 e. The van der Waals surface area contributed by atoms with E-state index in [1.807, 2.05) is 28.8 Å². The highest BCUT2D eigenvalue weighted by Crippen LogP contribution is 2.39. The number of rotatable bonds is 10. The predicted octanol–water partition coefficient (Wildman–Crippen LogP) is 7.10. The SMILES string of the molecule is CSc1ccc(-c2nc3cccc(CC[C@H]([C@H](C)O[Si](C)(C)C(C)(C)C)n4cnc(C(N)=O)c4)c3o2)cc1. The summed E-state index contributed by atoms with van der Waals surface area (Å²) in [5.41, 5.74) is 9.43. The number of para-hydroxylation sites is 1. The van der Waals surface area contributed by atoms with Crippen LogP contribution < -0.4 is 5.73 Å². The Balaban J connectivity index is 1.62. The van der Waals surface area contributed by atoms with E-state index >= 15 is 0 Å². The molecule has 2 N–H and O–H groups in total. The number of aryl methyl sites for hydroxylation is 1. The van der Waals surface area contributed by atoms with E-state index in [-0.39, 0.29) is 22.9 Å². The predicted molar refractivity (Wildman–Crippen MR) is 157 cm³/mol. The van der Waals surface area contributed by atoms with E-state index in [9.17, 15) is 4.79 Å². The topological polar surface area (TPSA) is 96.2 Å². The number of hydrogen-bond donors (Lipinski definition) is 1. The Kier molecular flexibility index (Phi) is 8.20. The van der Waals surface area contributed by atoms with Gasteiger partial charge in [-0.3, -0.25) is 4.79 Å². The number of fused-ring (bicyclic) bond motifs is 1. The van der Waals surface area contributed by atoms with Crippen LogP contribution in [0.25, 0.3) is 22.6 Å². The van der Waals surface area contributed by atoms with E-state index in [1.165, 1.54) is 4.90 Å². The number of carbonyl (C=O) groups excluding carboxylic acids is 1. The highest BCUT2D eigenvalue weighted by molar-refractivity contribution is 7.98. The summed E-state index contributed by atoms with van der Waals surface area (Å²) in [6.07, 6.45) is 6.89. The van der Waals surface area contributed by atoms with Gasteiger partial charge in [0.15, 0.2) is 13.9 Å². The van der Waals surface area contributed by atoms with Crippen molar-refractivity contribution in [3.63, 3.8) is 0 Å². The fourth-order valence-electron chi connectivity index (χ4n) is 4.35. The summed E-state index contributed by atoms with van der Waals surface area (Å²) < 4.78 is 15.0. The number of nitrogens with two attached hydrogens (primary N) is 1. The van der Waals surface area contributed by atoms with Crippen LogP contribution in [0.3, 0.4) is 0 Å². The van der Waals surface area contributed by atoms with Gasteiger partial charge in [-0.25, -0.2) is 9.97 Å². The third-order valence-electron chi connectivity index (χ3n) is 7.61. The van der Waals surface area contributed by atoms with Crippen molar-refractivity contribution >= 4 is 37.1 Å². The number of amides is 1. The maximum Gasteiger partial charge on any atom is 0.268 e. The van der Waals surface area contributed by atoms with Gasteiger partial charge < -0.3 is 19.1 Å². The van der Waals surface area contributed by atoms with Crippen LogP contribution in [0.4, 0.5) is 0 Å². The number of aromatic nitrogens is 3. The molecule has 0 fully saturated rings. The number of thioether (sulfide) groups is 1. The zero-order valence-electron chi connectivity index (χ0n) is 23.3. The first-order valence-electron chi connectivity index (χ1n) is 12.9. The number of nitrogens with zero attached hydrogens (tertiary/aromatic N) is 3. The number of imidazole rings is 1. The first kappa shape index (κ1) is 28.1. The molecule has 0 aliphatic rings. The van der Waals surface area contributed by atoms with Gasteiger partial charge in [0.2, 0.25) is 5.89 Å². The van der Waals surface area contributed by atoms with Crippen molar-refractivity contribution in [3.8, 4) is 11.5 Å². The van der Waals surface area contributed by atoms with Crippen LogP contribution in [0.1, 0.15) is 56.2 Å². The van der Waals surface area contributed by atoms with Crippen LogP contribution in [0.5, 0.6) is 0 Å². The van der Waals surface area contributed by atoms with Crippen molar-refractivity contribution in [1.82, 2.24) is 14.5 Å². The minimum absolute atomic E-state index is 0.0403. The van der Waals surface area contributed by atoms with Crippen molar-refractivity contribution < 1.29 is 13.6 Å². The number of carbonyl (C=O) groups is 1. The maximum atomic E-state index is 11.7. The Labute approximate surface area is 230 Å². The lowest BCUT2D eigenvalue weighted by Gasteiger charge is -2.40. The van der Waals surface area contributed by atoms with E-state index in [0.29, 0.717) is 5.89 Å². The first-order chi connectivity index (χ1) is 17.9. The standard InChI is InChI=1S/C29H38N4O3SSi/c1-19(36-38(6,7)29(2,3)4)25(33-17-24(27(30)34)31-18-33)16-13-20-9-8-10-23-26(20)35-28(32-23)21-11-14-22(37-5)15-12-21/h8-12,14-15,17-19,25H,13,16H2,1-7H3,(H2,30,34)/t19-,25+/m0/s1. The molecule has 202 valence electrons. The molecule has 0 saturated carbocycles. The van der Waals surface area contributed by atoms with Gasteiger partial charge in [-0.1, -0.05) is 32.9 Å². The second-order valence-corrected chi connectivity index (χ2v) is 16.9. The number of hydrogen-bond acceptors (Lipinski definition) is 6. The van der Waals surface area contributed by atoms with Gasteiger partial charge in [-0.15, -0.1) is 11.8 Å². The molecule has 2 aromatic carbocycles. The van der Waals surface area contributed by atoms with Crippen LogP contribution in [0.2, 0.25) is 18.1 Å². The highest BCUT2D eigenvalue weighted by Gasteiger charge is 2.40. The van der Waals surface area contributed by atoms with Crippen LogP contribution in [-0.4, -0.2) is 41.1 Å². The Morgan fingerprint density at radius 1 is 1.18 bits per heavy atom. The zero-order valence-corrected chi connectivity index (χ0v) is 25.1. The second kappa shape index (κ2) is 11.1. The summed E-state index contributed by atoms with van der Waals surface area (Å²) in [4.78, 5) is 21.9. The molecule has 2 atom stereocenters. The summed E-state index contributed by atoms with van der Waals surface area (Å²) in [7, 11) is -2.03. The summed E-state index contributed by atoms with van der Waals surface area (Å²) in [6, 6.07) is 14.3. The minimum atomic E-state index is -2.03. The molecule has 1 amide bonds. The summed E-state index contributed by atoms with van der Waals surface area (Å²) in [5, 5.41) is 0.0784. The fourth-order valence-corrected chi connectivity index (χ4v) is 6.20. The Hall–Kier alpha value is -2.88. The molecule has 0 aliphatic heterocycles. The van der Waals surface area contributed by atoms with Gasteiger partial charge >= 0.3 is 0 Å². The van der Waals surface area contributed by atoms with Gasteiger partial charge in [0.25, 0.3) is 5.91 Å². The average Bonchev–Trinajstić information content (AvgIpc) is 3.51. The van der Waals surface area contributed by atoms with Gasteiger partial charge in [-0.05, 0) is 80.0 Å². The van der Waals surface area contributed by atoms with Crippen molar-refractivity contribution in [2.75, 3.05) is 6.26 Å². The van der Waals surface area contributed by atoms with Gasteiger partial charge in [-0.2, -0.15) is 0 Å². The van der Waals surface area contributed by atoms with Gasteiger partial charge in [0.1, 0.15) is 11.2 Å². The van der Waals surface area contributed by atoms with E-state index in [4.69, 9.17) is 19.6 Å². The first-order valence-corrected chi connectivity index (χ1v) is 17.1.